The number of halogens is 2. The summed E-state index contributed by atoms with van der Waals surface area (Å²) in [4.78, 5) is 12.3. The average molecular weight is 396 g/mol. The first-order valence-corrected chi connectivity index (χ1v) is 10.1. The van der Waals surface area contributed by atoms with Crippen molar-refractivity contribution < 1.29 is 4.79 Å². The predicted octanol–water partition coefficient (Wildman–Crippen LogP) is 6.03. The third-order valence-corrected chi connectivity index (χ3v) is 5.93. The van der Waals surface area contributed by atoms with Crippen molar-refractivity contribution in [2.75, 3.05) is 5.75 Å². The zero-order valence-corrected chi connectivity index (χ0v) is 17.3. The third-order valence-electron chi connectivity index (χ3n) is 4.27. The van der Waals surface area contributed by atoms with Crippen molar-refractivity contribution in [1.29, 1.82) is 0 Å². The van der Waals surface area contributed by atoms with Gasteiger partial charge in [0.15, 0.2) is 0 Å². The Bertz CT molecular complexity index is 756. The molecule has 0 heterocycles. The molecule has 2 rings (SSSR count). The molecule has 1 N–H and O–H groups in total. The maximum absolute atomic E-state index is 12.3. The first-order valence-electron chi connectivity index (χ1n) is 8.17. The standard InChI is InChI=1S/C20H23Cl2NOS/c1-12-8-14(3)16(9-13(12)2)15(4)23-20(24)11-25-10-17-18(21)6-5-7-19(17)22/h5-9,15H,10-11H2,1-4H3,(H,23,24). The van der Waals surface area contributed by atoms with Gasteiger partial charge in [-0.3, -0.25) is 4.79 Å². The number of carbonyl (C=O) groups excluding carboxylic acids is 1. The Morgan fingerprint density at radius 1 is 1.08 bits per heavy atom. The van der Waals surface area contributed by atoms with E-state index >= 15 is 0 Å². The van der Waals surface area contributed by atoms with Gasteiger partial charge < -0.3 is 5.32 Å². The molecule has 2 aromatic carbocycles. The summed E-state index contributed by atoms with van der Waals surface area (Å²) >= 11 is 13.8. The van der Waals surface area contributed by atoms with Crippen LogP contribution in [0.2, 0.25) is 10.0 Å². The third kappa shape index (κ3) is 5.40. The van der Waals surface area contributed by atoms with E-state index in [4.69, 9.17) is 23.2 Å². The molecule has 0 aliphatic heterocycles. The van der Waals surface area contributed by atoms with Gasteiger partial charge in [0.1, 0.15) is 0 Å². The van der Waals surface area contributed by atoms with Gasteiger partial charge >= 0.3 is 0 Å². The summed E-state index contributed by atoms with van der Waals surface area (Å²) < 4.78 is 0. The minimum absolute atomic E-state index is 0.0123. The van der Waals surface area contributed by atoms with Gasteiger partial charge in [0.05, 0.1) is 11.8 Å². The van der Waals surface area contributed by atoms with E-state index in [0.29, 0.717) is 21.6 Å². The molecule has 5 heteroatoms. The van der Waals surface area contributed by atoms with Gasteiger partial charge in [-0.2, -0.15) is 0 Å². The fourth-order valence-electron chi connectivity index (χ4n) is 2.73. The maximum atomic E-state index is 12.3. The van der Waals surface area contributed by atoms with Crippen molar-refractivity contribution in [3.8, 4) is 0 Å². The van der Waals surface area contributed by atoms with Crippen LogP contribution < -0.4 is 5.32 Å². The van der Waals surface area contributed by atoms with E-state index in [9.17, 15) is 4.79 Å². The van der Waals surface area contributed by atoms with Gasteiger partial charge in [0.2, 0.25) is 5.91 Å². The van der Waals surface area contributed by atoms with E-state index in [1.54, 1.807) is 0 Å². The van der Waals surface area contributed by atoms with Crippen LogP contribution in [0.3, 0.4) is 0 Å². The van der Waals surface area contributed by atoms with Crippen LogP contribution in [0, 0.1) is 20.8 Å². The Balaban J connectivity index is 1.91. The maximum Gasteiger partial charge on any atom is 0.230 e. The van der Waals surface area contributed by atoms with Crippen molar-refractivity contribution in [3.05, 3.63) is 68.2 Å². The summed E-state index contributed by atoms with van der Waals surface area (Å²) in [7, 11) is 0. The molecule has 0 aliphatic carbocycles. The Morgan fingerprint density at radius 3 is 2.32 bits per heavy atom. The van der Waals surface area contributed by atoms with Crippen LogP contribution in [-0.2, 0) is 10.5 Å². The molecule has 0 saturated carbocycles. The first kappa shape index (κ1) is 20.2. The summed E-state index contributed by atoms with van der Waals surface area (Å²) in [5.74, 6) is 0.997. The quantitative estimate of drug-likeness (QED) is 0.646. The Kier molecular flexibility index (Phi) is 7.24. The molecular weight excluding hydrogens is 373 g/mol. The molecule has 25 heavy (non-hydrogen) atoms. The SMILES string of the molecule is Cc1cc(C)c(C(C)NC(=O)CSCc2c(Cl)cccc2Cl)cc1C. The Labute approximate surface area is 164 Å². The second-order valence-electron chi connectivity index (χ2n) is 6.28. The smallest absolute Gasteiger partial charge is 0.230 e. The number of hydrogen-bond donors (Lipinski definition) is 1. The van der Waals surface area contributed by atoms with Crippen LogP contribution >= 0.6 is 35.0 Å². The summed E-state index contributed by atoms with van der Waals surface area (Å²) in [6.45, 7) is 8.30. The van der Waals surface area contributed by atoms with E-state index in [-0.39, 0.29) is 11.9 Å². The lowest BCUT2D eigenvalue weighted by atomic mass is 9.96. The van der Waals surface area contributed by atoms with Gasteiger partial charge in [-0.05, 0) is 67.6 Å². The minimum atomic E-state index is -0.0173. The highest BCUT2D eigenvalue weighted by Crippen LogP contribution is 2.28. The molecule has 0 bridgehead atoms. The molecule has 134 valence electrons. The molecule has 0 radical (unpaired) electrons. The lowest BCUT2D eigenvalue weighted by Gasteiger charge is -2.18. The minimum Gasteiger partial charge on any atom is -0.349 e. The van der Waals surface area contributed by atoms with Crippen molar-refractivity contribution in [3.63, 3.8) is 0 Å². The number of rotatable bonds is 6. The monoisotopic (exact) mass is 395 g/mol. The molecular formula is C20H23Cl2NOS. The normalized spacial score (nSPS) is 12.1. The molecule has 0 saturated heterocycles. The van der Waals surface area contributed by atoms with E-state index in [2.05, 4.69) is 38.2 Å². The second-order valence-corrected chi connectivity index (χ2v) is 8.08. The van der Waals surface area contributed by atoms with Crippen LogP contribution in [0.5, 0.6) is 0 Å². The topological polar surface area (TPSA) is 29.1 Å². The van der Waals surface area contributed by atoms with E-state index in [1.165, 1.54) is 28.5 Å². The molecule has 1 atom stereocenters. The average Bonchev–Trinajstić information content (AvgIpc) is 2.53. The van der Waals surface area contributed by atoms with Crippen molar-refractivity contribution in [1.82, 2.24) is 5.32 Å². The Hall–Kier alpha value is -1.16. The summed E-state index contributed by atoms with van der Waals surface area (Å²) in [5.41, 5.74) is 5.75. The predicted molar refractivity (Wildman–Crippen MR) is 110 cm³/mol. The van der Waals surface area contributed by atoms with Crippen LogP contribution in [0.15, 0.2) is 30.3 Å². The molecule has 0 spiro atoms. The zero-order chi connectivity index (χ0) is 18.6. The van der Waals surface area contributed by atoms with Crippen molar-refractivity contribution in [2.45, 2.75) is 39.5 Å². The molecule has 2 aromatic rings. The number of nitrogens with one attached hydrogen (secondary N) is 1. The van der Waals surface area contributed by atoms with Crippen LogP contribution in [0.1, 0.15) is 40.8 Å². The van der Waals surface area contributed by atoms with E-state index in [1.807, 2.05) is 25.1 Å². The number of benzene rings is 2. The lowest BCUT2D eigenvalue weighted by Crippen LogP contribution is -2.28. The number of aryl methyl sites for hydroxylation is 3. The summed E-state index contributed by atoms with van der Waals surface area (Å²) in [5, 5.41) is 4.35. The van der Waals surface area contributed by atoms with Crippen LogP contribution in [0.25, 0.3) is 0 Å². The summed E-state index contributed by atoms with van der Waals surface area (Å²) in [6.07, 6.45) is 0. The first-order chi connectivity index (χ1) is 11.8. The largest absolute Gasteiger partial charge is 0.349 e. The number of hydrogen-bond acceptors (Lipinski definition) is 2. The van der Waals surface area contributed by atoms with E-state index in [0.717, 1.165) is 11.1 Å². The van der Waals surface area contributed by atoms with Gasteiger partial charge in [-0.25, -0.2) is 0 Å². The van der Waals surface area contributed by atoms with Gasteiger partial charge in [-0.15, -0.1) is 11.8 Å². The highest BCUT2D eigenvalue weighted by atomic mass is 35.5. The molecule has 2 nitrogen and oxygen atoms in total. The van der Waals surface area contributed by atoms with Gasteiger partial charge in [0.25, 0.3) is 0 Å². The molecule has 1 unspecified atom stereocenters. The fraction of sp³-hybridized carbons (Fsp3) is 0.350. The highest BCUT2D eigenvalue weighted by molar-refractivity contribution is 7.99. The van der Waals surface area contributed by atoms with Crippen LogP contribution in [-0.4, -0.2) is 11.7 Å². The van der Waals surface area contributed by atoms with Gasteiger partial charge in [-0.1, -0.05) is 41.4 Å². The molecule has 0 aromatic heterocycles. The summed E-state index contributed by atoms with van der Waals surface area (Å²) in [6, 6.07) is 9.76. The molecule has 0 aliphatic rings. The fourth-order valence-corrected chi connectivity index (χ4v) is 4.30. The zero-order valence-electron chi connectivity index (χ0n) is 15.0. The van der Waals surface area contributed by atoms with Crippen molar-refractivity contribution in [2.24, 2.45) is 0 Å². The van der Waals surface area contributed by atoms with E-state index < -0.39 is 0 Å². The van der Waals surface area contributed by atoms with Gasteiger partial charge in [0, 0.05) is 15.8 Å². The number of amides is 1. The Morgan fingerprint density at radius 2 is 1.68 bits per heavy atom. The van der Waals surface area contributed by atoms with Crippen molar-refractivity contribution >= 4 is 40.9 Å². The highest BCUT2D eigenvalue weighted by Gasteiger charge is 2.13. The molecule has 1 amide bonds. The second kappa shape index (κ2) is 8.98. The van der Waals surface area contributed by atoms with Crippen LogP contribution in [0.4, 0.5) is 0 Å². The number of thioether (sulfide) groups is 1. The lowest BCUT2D eigenvalue weighted by molar-refractivity contribution is -0.119. The molecule has 0 fully saturated rings. The number of carbonyl (C=O) groups is 1.